The second-order valence-corrected chi connectivity index (χ2v) is 6.69. The van der Waals surface area contributed by atoms with Crippen molar-refractivity contribution in [2.24, 2.45) is 0 Å². The van der Waals surface area contributed by atoms with Crippen molar-refractivity contribution in [1.82, 2.24) is 15.1 Å². The molecule has 5 nitrogen and oxygen atoms in total. The maximum Gasteiger partial charge on any atom is 0.220 e. The van der Waals surface area contributed by atoms with Crippen LogP contribution >= 0.6 is 11.6 Å². The second-order valence-electron chi connectivity index (χ2n) is 6.25. The van der Waals surface area contributed by atoms with Gasteiger partial charge in [-0.05, 0) is 50.7 Å². The summed E-state index contributed by atoms with van der Waals surface area (Å²) in [7, 11) is 2.16. The van der Waals surface area contributed by atoms with E-state index >= 15 is 0 Å². The quantitative estimate of drug-likeness (QED) is 0.692. The van der Waals surface area contributed by atoms with Crippen LogP contribution in [0.2, 0.25) is 5.02 Å². The van der Waals surface area contributed by atoms with Crippen LogP contribution in [0.5, 0.6) is 5.75 Å². The van der Waals surface area contributed by atoms with Gasteiger partial charge in [0.15, 0.2) is 0 Å². The molecule has 0 aromatic heterocycles. The zero-order valence-corrected chi connectivity index (χ0v) is 15.2. The molecule has 134 valence electrons. The van der Waals surface area contributed by atoms with Crippen molar-refractivity contribution in [3.8, 4) is 5.75 Å². The predicted molar refractivity (Wildman–Crippen MR) is 97.7 cm³/mol. The van der Waals surface area contributed by atoms with Gasteiger partial charge in [0.2, 0.25) is 5.91 Å². The average molecular weight is 354 g/mol. The van der Waals surface area contributed by atoms with Crippen LogP contribution in [0, 0.1) is 0 Å². The number of ether oxygens (including phenoxy) is 1. The van der Waals surface area contributed by atoms with Crippen LogP contribution in [0.3, 0.4) is 0 Å². The first kappa shape index (κ1) is 19.0. The maximum absolute atomic E-state index is 11.8. The molecule has 1 N–H and O–H groups in total. The average Bonchev–Trinajstić information content (AvgIpc) is 2.59. The van der Waals surface area contributed by atoms with E-state index < -0.39 is 0 Å². The fourth-order valence-electron chi connectivity index (χ4n) is 2.64. The highest BCUT2D eigenvalue weighted by atomic mass is 35.5. The van der Waals surface area contributed by atoms with E-state index in [9.17, 15) is 4.79 Å². The number of nitrogens with one attached hydrogen (secondary N) is 1. The summed E-state index contributed by atoms with van der Waals surface area (Å²) in [6, 6.07) is 7.26. The second kappa shape index (κ2) is 10.5. The Morgan fingerprint density at radius 2 is 1.88 bits per heavy atom. The molecule has 1 amide bonds. The van der Waals surface area contributed by atoms with E-state index in [0.29, 0.717) is 24.5 Å². The highest BCUT2D eigenvalue weighted by molar-refractivity contribution is 6.30. The van der Waals surface area contributed by atoms with E-state index in [-0.39, 0.29) is 5.91 Å². The number of carbonyl (C=O) groups excluding carboxylic acids is 1. The van der Waals surface area contributed by atoms with Crippen LogP contribution in [-0.4, -0.2) is 68.6 Å². The third kappa shape index (κ3) is 7.51. The smallest absolute Gasteiger partial charge is 0.220 e. The summed E-state index contributed by atoms with van der Waals surface area (Å²) in [4.78, 5) is 16.6. The number of nitrogens with zero attached hydrogens (tertiary/aromatic N) is 2. The molecule has 0 spiro atoms. The van der Waals surface area contributed by atoms with Gasteiger partial charge < -0.3 is 19.9 Å². The molecule has 0 bridgehead atoms. The Balaban J connectivity index is 1.45. The van der Waals surface area contributed by atoms with Gasteiger partial charge in [0, 0.05) is 44.2 Å². The first-order chi connectivity index (χ1) is 11.6. The van der Waals surface area contributed by atoms with Gasteiger partial charge in [-0.1, -0.05) is 11.6 Å². The summed E-state index contributed by atoms with van der Waals surface area (Å²) in [5.74, 6) is 0.889. The highest BCUT2D eigenvalue weighted by Gasteiger charge is 2.12. The fraction of sp³-hybridized carbons (Fsp3) is 0.611. The van der Waals surface area contributed by atoms with Gasteiger partial charge in [-0.3, -0.25) is 4.79 Å². The molecule has 24 heavy (non-hydrogen) atoms. The van der Waals surface area contributed by atoms with Crippen molar-refractivity contribution in [1.29, 1.82) is 0 Å². The number of amides is 1. The molecule has 0 aliphatic carbocycles. The fourth-order valence-corrected chi connectivity index (χ4v) is 2.77. The number of hydrogen-bond donors (Lipinski definition) is 1. The minimum Gasteiger partial charge on any atom is -0.494 e. The Hall–Kier alpha value is -1.30. The monoisotopic (exact) mass is 353 g/mol. The Kier molecular flexibility index (Phi) is 8.36. The Labute approximate surface area is 149 Å². The number of carbonyl (C=O) groups is 1. The van der Waals surface area contributed by atoms with Gasteiger partial charge in [-0.15, -0.1) is 0 Å². The van der Waals surface area contributed by atoms with Crippen molar-refractivity contribution >= 4 is 17.5 Å². The summed E-state index contributed by atoms with van der Waals surface area (Å²) in [5.41, 5.74) is 0. The van der Waals surface area contributed by atoms with E-state index in [0.717, 1.165) is 51.4 Å². The maximum atomic E-state index is 11.8. The predicted octanol–water partition coefficient (Wildman–Crippen LogP) is 2.25. The Morgan fingerprint density at radius 3 is 2.58 bits per heavy atom. The van der Waals surface area contributed by atoms with Crippen molar-refractivity contribution in [3.63, 3.8) is 0 Å². The molecule has 1 aliphatic heterocycles. The van der Waals surface area contributed by atoms with Gasteiger partial charge in [-0.25, -0.2) is 0 Å². The molecular formula is C18H28ClN3O2. The van der Waals surface area contributed by atoms with E-state index in [1.165, 1.54) is 0 Å². The van der Waals surface area contributed by atoms with E-state index in [1.807, 2.05) is 12.1 Å². The molecule has 1 fully saturated rings. The standard InChI is InChI=1S/C18H28ClN3O2/c1-21-11-13-22(14-12-21)10-3-9-20-18(23)4-2-15-24-17-7-5-16(19)6-8-17/h5-8H,2-4,9-15H2,1H3,(H,20,23). The molecule has 1 saturated heterocycles. The SMILES string of the molecule is CN1CCN(CCCNC(=O)CCCOc2ccc(Cl)cc2)CC1. The zero-order valence-electron chi connectivity index (χ0n) is 14.5. The summed E-state index contributed by atoms with van der Waals surface area (Å²) in [5, 5.41) is 3.68. The van der Waals surface area contributed by atoms with Gasteiger partial charge in [0.05, 0.1) is 6.61 Å². The topological polar surface area (TPSA) is 44.8 Å². The minimum absolute atomic E-state index is 0.105. The summed E-state index contributed by atoms with van der Waals surface area (Å²) < 4.78 is 5.58. The Bertz CT molecular complexity index is 488. The highest BCUT2D eigenvalue weighted by Crippen LogP contribution is 2.15. The molecule has 1 aromatic rings. The summed E-state index contributed by atoms with van der Waals surface area (Å²) >= 11 is 5.82. The lowest BCUT2D eigenvalue weighted by molar-refractivity contribution is -0.121. The van der Waals surface area contributed by atoms with Crippen molar-refractivity contribution < 1.29 is 9.53 Å². The van der Waals surface area contributed by atoms with Crippen LogP contribution in [0.4, 0.5) is 0 Å². The van der Waals surface area contributed by atoms with Crippen molar-refractivity contribution in [2.45, 2.75) is 19.3 Å². The lowest BCUT2D eigenvalue weighted by Crippen LogP contribution is -2.45. The molecule has 1 heterocycles. The third-order valence-electron chi connectivity index (χ3n) is 4.20. The Morgan fingerprint density at radius 1 is 1.17 bits per heavy atom. The molecule has 6 heteroatoms. The molecule has 0 radical (unpaired) electrons. The largest absolute Gasteiger partial charge is 0.494 e. The van der Waals surface area contributed by atoms with Gasteiger partial charge in [-0.2, -0.15) is 0 Å². The first-order valence-electron chi connectivity index (χ1n) is 8.69. The van der Waals surface area contributed by atoms with E-state index in [1.54, 1.807) is 12.1 Å². The van der Waals surface area contributed by atoms with E-state index in [4.69, 9.17) is 16.3 Å². The van der Waals surface area contributed by atoms with Crippen LogP contribution < -0.4 is 10.1 Å². The number of benzene rings is 1. The molecule has 0 saturated carbocycles. The molecule has 1 aliphatic rings. The first-order valence-corrected chi connectivity index (χ1v) is 9.07. The van der Waals surface area contributed by atoms with Crippen LogP contribution in [0.1, 0.15) is 19.3 Å². The zero-order chi connectivity index (χ0) is 17.2. The number of likely N-dealkylation sites (N-methyl/N-ethyl adjacent to an activating group) is 1. The number of halogens is 1. The molecule has 0 unspecified atom stereocenters. The van der Waals surface area contributed by atoms with Crippen LogP contribution in [0.15, 0.2) is 24.3 Å². The molecular weight excluding hydrogens is 326 g/mol. The van der Waals surface area contributed by atoms with E-state index in [2.05, 4.69) is 22.2 Å². The van der Waals surface area contributed by atoms with Gasteiger partial charge in [0.25, 0.3) is 0 Å². The molecule has 0 atom stereocenters. The molecule has 2 rings (SSSR count). The minimum atomic E-state index is 0.105. The van der Waals surface area contributed by atoms with Crippen LogP contribution in [0.25, 0.3) is 0 Å². The number of piperazine rings is 1. The van der Waals surface area contributed by atoms with Crippen LogP contribution in [-0.2, 0) is 4.79 Å². The summed E-state index contributed by atoms with van der Waals surface area (Å²) in [6.07, 6.45) is 2.23. The summed E-state index contributed by atoms with van der Waals surface area (Å²) in [6.45, 7) is 6.90. The number of hydrogen-bond acceptors (Lipinski definition) is 4. The molecule has 1 aromatic carbocycles. The normalized spacial score (nSPS) is 16.1. The lowest BCUT2D eigenvalue weighted by atomic mass is 10.3. The van der Waals surface area contributed by atoms with Crippen molar-refractivity contribution in [2.75, 3.05) is 52.9 Å². The number of rotatable bonds is 9. The lowest BCUT2D eigenvalue weighted by Gasteiger charge is -2.32. The van der Waals surface area contributed by atoms with Gasteiger partial charge >= 0.3 is 0 Å². The van der Waals surface area contributed by atoms with Gasteiger partial charge in [0.1, 0.15) is 5.75 Å². The third-order valence-corrected chi connectivity index (χ3v) is 4.45. The van der Waals surface area contributed by atoms with Crippen molar-refractivity contribution in [3.05, 3.63) is 29.3 Å².